The van der Waals surface area contributed by atoms with Crippen LogP contribution in [0.4, 0.5) is 0 Å². The second-order valence-corrected chi connectivity index (χ2v) is 8.03. The molecule has 0 saturated heterocycles. The summed E-state index contributed by atoms with van der Waals surface area (Å²) in [5, 5.41) is 8.73. The number of methoxy groups -OCH3 is 1. The Morgan fingerprint density at radius 3 is 1.97 bits per heavy atom. The maximum Gasteiger partial charge on any atom is 0.122 e. The van der Waals surface area contributed by atoms with Gasteiger partial charge in [0, 0.05) is 7.11 Å². The lowest BCUT2D eigenvalue weighted by Gasteiger charge is -2.15. The normalized spacial score (nSPS) is 11.2. The zero-order valence-electron chi connectivity index (χ0n) is 21.1. The van der Waals surface area contributed by atoms with E-state index < -0.39 is 0 Å². The van der Waals surface area contributed by atoms with Gasteiger partial charge in [-0.3, -0.25) is 0 Å². The van der Waals surface area contributed by atoms with Gasteiger partial charge in [0.1, 0.15) is 12.4 Å². The quantitative estimate of drug-likeness (QED) is 0.328. The number of rotatable bonds is 18. The van der Waals surface area contributed by atoms with E-state index in [9.17, 15) is 0 Å². The zero-order valence-corrected chi connectivity index (χ0v) is 21.1. The number of ether oxygens (including phenoxy) is 6. The van der Waals surface area contributed by atoms with Gasteiger partial charge in [-0.05, 0) is 66.3 Å². The molecule has 190 valence electrons. The molecule has 0 aromatic heterocycles. The van der Waals surface area contributed by atoms with Gasteiger partial charge in [0.05, 0.1) is 66.1 Å². The summed E-state index contributed by atoms with van der Waals surface area (Å²) in [6.07, 6.45) is 0. The monoisotopic (exact) mass is 476 g/mol. The van der Waals surface area contributed by atoms with E-state index in [2.05, 4.69) is 45.0 Å². The maximum atomic E-state index is 8.73. The lowest BCUT2D eigenvalue weighted by Crippen LogP contribution is -2.12. The Morgan fingerprint density at radius 1 is 0.647 bits per heavy atom. The zero-order chi connectivity index (χ0) is 24.6. The topological polar surface area (TPSA) is 75.6 Å². The summed E-state index contributed by atoms with van der Waals surface area (Å²) in [4.78, 5) is 0. The molecular formula is C27H40O7. The van der Waals surface area contributed by atoms with E-state index >= 15 is 0 Å². The van der Waals surface area contributed by atoms with Crippen LogP contribution in [-0.4, -0.2) is 78.3 Å². The fourth-order valence-corrected chi connectivity index (χ4v) is 3.46. The highest BCUT2D eigenvalue weighted by atomic mass is 16.6. The Kier molecular flexibility index (Phi) is 13.8. The Morgan fingerprint density at radius 2 is 1.29 bits per heavy atom. The van der Waals surface area contributed by atoms with Crippen molar-refractivity contribution in [3.8, 4) is 16.9 Å². The molecule has 0 fully saturated rings. The van der Waals surface area contributed by atoms with Crippen LogP contribution in [0.25, 0.3) is 11.1 Å². The van der Waals surface area contributed by atoms with Crippen LogP contribution in [0.3, 0.4) is 0 Å². The molecule has 0 heterocycles. The minimum atomic E-state index is 0.0343. The molecule has 1 N–H and O–H groups in total. The molecule has 0 spiro atoms. The van der Waals surface area contributed by atoms with Gasteiger partial charge in [0.2, 0.25) is 0 Å². The highest BCUT2D eigenvalue weighted by Crippen LogP contribution is 2.30. The summed E-state index contributed by atoms with van der Waals surface area (Å²) in [5.74, 6) is 0.867. The molecule has 7 heteroatoms. The first-order valence-electron chi connectivity index (χ1n) is 11.8. The molecule has 0 unspecified atom stereocenters. The van der Waals surface area contributed by atoms with Gasteiger partial charge in [-0.25, -0.2) is 0 Å². The molecule has 0 radical (unpaired) electrons. The van der Waals surface area contributed by atoms with Crippen molar-refractivity contribution in [3.05, 3.63) is 52.6 Å². The molecule has 0 amide bonds. The van der Waals surface area contributed by atoms with Crippen molar-refractivity contribution in [2.45, 2.75) is 27.4 Å². The highest BCUT2D eigenvalue weighted by Gasteiger charge is 2.09. The molecule has 0 saturated carbocycles. The molecule has 0 atom stereocenters. The maximum absolute atomic E-state index is 8.73. The van der Waals surface area contributed by atoms with E-state index in [0.717, 1.165) is 11.3 Å². The SMILES string of the molecule is COCCOCCOCCOc1ccc(-c2cc(C)c(COCCOCCO)cc2C)cc1C. The number of hydrogen-bond acceptors (Lipinski definition) is 7. The molecule has 2 aromatic carbocycles. The summed E-state index contributed by atoms with van der Waals surface area (Å²) in [6.45, 7) is 11.5. The molecule has 0 aliphatic heterocycles. The fraction of sp³-hybridized carbons (Fsp3) is 0.556. The predicted octanol–water partition coefficient (Wildman–Crippen LogP) is 3.86. The van der Waals surface area contributed by atoms with Gasteiger partial charge in [0.15, 0.2) is 0 Å². The fourth-order valence-electron chi connectivity index (χ4n) is 3.46. The van der Waals surface area contributed by atoms with Crippen molar-refractivity contribution < 1.29 is 33.5 Å². The van der Waals surface area contributed by atoms with Crippen LogP contribution in [0.2, 0.25) is 0 Å². The number of benzene rings is 2. The summed E-state index contributed by atoms with van der Waals surface area (Å²) < 4.78 is 32.7. The molecule has 2 aromatic rings. The average molecular weight is 477 g/mol. The Balaban J connectivity index is 1.83. The second kappa shape index (κ2) is 16.6. The van der Waals surface area contributed by atoms with Crippen molar-refractivity contribution in [1.29, 1.82) is 0 Å². The van der Waals surface area contributed by atoms with Gasteiger partial charge in [-0.15, -0.1) is 0 Å². The van der Waals surface area contributed by atoms with E-state index in [1.807, 2.05) is 6.07 Å². The third-order valence-electron chi connectivity index (χ3n) is 5.32. The van der Waals surface area contributed by atoms with E-state index in [4.69, 9.17) is 33.5 Å². The van der Waals surface area contributed by atoms with Crippen LogP contribution in [0.15, 0.2) is 30.3 Å². The first-order valence-corrected chi connectivity index (χ1v) is 11.8. The third kappa shape index (κ3) is 10.1. The minimum absolute atomic E-state index is 0.0343. The largest absolute Gasteiger partial charge is 0.491 e. The van der Waals surface area contributed by atoms with Crippen LogP contribution in [0.5, 0.6) is 5.75 Å². The van der Waals surface area contributed by atoms with Crippen LogP contribution >= 0.6 is 0 Å². The van der Waals surface area contributed by atoms with Crippen molar-refractivity contribution in [1.82, 2.24) is 0 Å². The van der Waals surface area contributed by atoms with Gasteiger partial charge in [-0.2, -0.15) is 0 Å². The Labute approximate surface area is 203 Å². The minimum Gasteiger partial charge on any atom is -0.491 e. The molecule has 2 rings (SSSR count). The van der Waals surface area contributed by atoms with Crippen LogP contribution in [0.1, 0.15) is 22.3 Å². The summed E-state index contributed by atoms with van der Waals surface area (Å²) in [6, 6.07) is 10.7. The van der Waals surface area contributed by atoms with Crippen molar-refractivity contribution in [3.63, 3.8) is 0 Å². The van der Waals surface area contributed by atoms with Crippen molar-refractivity contribution in [2.75, 3.05) is 73.2 Å². The number of aliphatic hydroxyl groups excluding tert-OH is 1. The van der Waals surface area contributed by atoms with Gasteiger partial charge in [0.25, 0.3) is 0 Å². The van der Waals surface area contributed by atoms with Crippen molar-refractivity contribution >= 4 is 0 Å². The summed E-state index contributed by atoms with van der Waals surface area (Å²) >= 11 is 0. The molecule has 34 heavy (non-hydrogen) atoms. The Hall–Kier alpha value is -2.00. The number of aryl methyl sites for hydroxylation is 3. The summed E-state index contributed by atoms with van der Waals surface area (Å²) in [7, 11) is 1.65. The number of aliphatic hydroxyl groups is 1. The standard InChI is InChI=1S/C27H40O7/c1-21-19-26(22(2)17-25(21)20-33-14-13-30-8-7-28)24-5-6-27(23(3)18-24)34-16-15-32-12-11-31-10-9-29-4/h5-6,17-19,28H,7-16,20H2,1-4H3. The van der Waals surface area contributed by atoms with E-state index in [1.54, 1.807) is 7.11 Å². The Bertz CT molecular complexity index is 838. The predicted molar refractivity (Wildman–Crippen MR) is 133 cm³/mol. The van der Waals surface area contributed by atoms with E-state index in [0.29, 0.717) is 66.1 Å². The molecule has 0 aliphatic carbocycles. The second-order valence-electron chi connectivity index (χ2n) is 8.03. The molecule has 0 aliphatic rings. The first kappa shape index (κ1) is 28.2. The van der Waals surface area contributed by atoms with Crippen LogP contribution in [-0.2, 0) is 30.3 Å². The van der Waals surface area contributed by atoms with Crippen LogP contribution in [0, 0.1) is 20.8 Å². The van der Waals surface area contributed by atoms with Crippen molar-refractivity contribution in [2.24, 2.45) is 0 Å². The van der Waals surface area contributed by atoms with E-state index in [1.165, 1.54) is 27.8 Å². The average Bonchev–Trinajstić information content (AvgIpc) is 2.83. The van der Waals surface area contributed by atoms with Gasteiger partial charge >= 0.3 is 0 Å². The van der Waals surface area contributed by atoms with Gasteiger partial charge < -0.3 is 33.5 Å². The molecular weight excluding hydrogens is 436 g/mol. The number of hydrogen-bond donors (Lipinski definition) is 1. The highest BCUT2D eigenvalue weighted by molar-refractivity contribution is 5.70. The van der Waals surface area contributed by atoms with E-state index in [-0.39, 0.29) is 6.61 Å². The lowest BCUT2D eigenvalue weighted by atomic mass is 9.94. The lowest BCUT2D eigenvalue weighted by molar-refractivity contribution is 0.0179. The molecule has 7 nitrogen and oxygen atoms in total. The summed E-state index contributed by atoms with van der Waals surface area (Å²) in [5.41, 5.74) is 7.03. The third-order valence-corrected chi connectivity index (χ3v) is 5.32. The van der Waals surface area contributed by atoms with Crippen LogP contribution < -0.4 is 4.74 Å². The molecule has 0 bridgehead atoms. The van der Waals surface area contributed by atoms with Gasteiger partial charge in [-0.1, -0.05) is 18.2 Å². The smallest absolute Gasteiger partial charge is 0.122 e. The first-order chi connectivity index (χ1) is 16.6.